The maximum Gasteiger partial charge on any atom is 0.252 e. The van der Waals surface area contributed by atoms with E-state index in [0.717, 1.165) is 29.2 Å². The van der Waals surface area contributed by atoms with Crippen LogP contribution in [0.25, 0.3) is 0 Å². The number of rotatable bonds is 9. The van der Waals surface area contributed by atoms with Gasteiger partial charge in [-0.25, -0.2) is 0 Å². The molecule has 27 heavy (non-hydrogen) atoms. The van der Waals surface area contributed by atoms with E-state index in [1.807, 2.05) is 56.4 Å². The van der Waals surface area contributed by atoms with E-state index >= 15 is 0 Å². The van der Waals surface area contributed by atoms with Crippen molar-refractivity contribution in [1.29, 1.82) is 0 Å². The Hall–Kier alpha value is -2.31. The second-order valence-electron chi connectivity index (χ2n) is 6.35. The van der Waals surface area contributed by atoms with Gasteiger partial charge in [-0.15, -0.1) is 11.8 Å². The molecule has 0 bridgehead atoms. The highest BCUT2D eigenvalue weighted by atomic mass is 32.2. The number of anilines is 1. The van der Waals surface area contributed by atoms with E-state index in [1.165, 1.54) is 11.8 Å². The number of likely N-dealkylation sites (N-methyl/N-ethyl adjacent to an activating group) is 1. The van der Waals surface area contributed by atoms with Crippen LogP contribution in [0.4, 0.5) is 5.69 Å². The average Bonchev–Trinajstić information content (AvgIpc) is 2.68. The average molecular weight is 386 g/mol. The summed E-state index contributed by atoms with van der Waals surface area (Å²) in [4.78, 5) is 27.6. The number of carbonyl (C=O) groups is 2. The molecule has 0 saturated heterocycles. The fourth-order valence-corrected chi connectivity index (χ4v) is 3.22. The smallest absolute Gasteiger partial charge is 0.252 e. The van der Waals surface area contributed by atoms with E-state index in [-0.39, 0.29) is 17.6 Å². The van der Waals surface area contributed by atoms with Crippen LogP contribution in [0.5, 0.6) is 0 Å². The van der Waals surface area contributed by atoms with Crippen molar-refractivity contribution in [3.05, 3.63) is 59.7 Å². The van der Waals surface area contributed by atoms with Crippen molar-refractivity contribution < 1.29 is 9.59 Å². The summed E-state index contributed by atoms with van der Waals surface area (Å²) in [6.45, 7) is 6.42. The number of amides is 2. The van der Waals surface area contributed by atoms with Crippen LogP contribution in [0.2, 0.25) is 0 Å². The highest BCUT2D eigenvalue weighted by Crippen LogP contribution is 2.23. The van der Waals surface area contributed by atoms with Crippen molar-refractivity contribution in [2.45, 2.75) is 18.7 Å². The molecule has 2 N–H and O–H groups in total. The summed E-state index contributed by atoms with van der Waals surface area (Å²) in [7, 11) is 2.02. The summed E-state index contributed by atoms with van der Waals surface area (Å²) in [6, 6.07) is 15.1. The highest BCUT2D eigenvalue weighted by Gasteiger charge is 2.12. The zero-order valence-corrected chi connectivity index (χ0v) is 16.9. The molecule has 0 aliphatic heterocycles. The Kier molecular flexibility index (Phi) is 8.36. The molecule has 0 fully saturated rings. The van der Waals surface area contributed by atoms with Crippen molar-refractivity contribution in [3.8, 4) is 0 Å². The highest BCUT2D eigenvalue weighted by molar-refractivity contribution is 8.00. The van der Waals surface area contributed by atoms with Crippen LogP contribution in [-0.4, -0.2) is 49.1 Å². The first kappa shape index (κ1) is 21.0. The Bertz CT molecular complexity index is 762. The zero-order chi connectivity index (χ0) is 19.6. The predicted molar refractivity (Wildman–Crippen MR) is 112 cm³/mol. The van der Waals surface area contributed by atoms with Gasteiger partial charge in [0.2, 0.25) is 5.91 Å². The minimum absolute atomic E-state index is 0.0939. The molecule has 5 nitrogen and oxygen atoms in total. The molecule has 0 heterocycles. The predicted octanol–water partition coefficient (Wildman–Crippen LogP) is 3.41. The van der Waals surface area contributed by atoms with E-state index in [1.54, 1.807) is 6.07 Å². The lowest BCUT2D eigenvalue weighted by atomic mass is 10.2. The second kappa shape index (κ2) is 10.7. The van der Waals surface area contributed by atoms with Gasteiger partial charge in [-0.3, -0.25) is 9.59 Å². The number of hydrogen-bond acceptors (Lipinski definition) is 4. The number of hydrogen-bond donors (Lipinski definition) is 2. The molecule has 0 unspecified atom stereocenters. The Morgan fingerprint density at radius 1 is 1.07 bits per heavy atom. The van der Waals surface area contributed by atoms with Gasteiger partial charge >= 0.3 is 0 Å². The number of benzene rings is 2. The normalized spacial score (nSPS) is 10.7. The van der Waals surface area contributed by atoms with Crippen molar-refractivity contribution in [3.63, 3.8) is 0 Å². The molecule has 2 rings (SSSR count). The van der Waals surface area contributed by atoms with E-state index in [0.29, 0.717) is 12.1 Å². The van der Waals surface area contributed by atoms with Gasteiger partial charge in [0.15, 0.2) is 0 Å². The van der Waals surface area contributed by atoms with Crippen molar-refractivity contribution in [2.24, 2.45) is 0 Å². The molecule has 0 spiro atoms. The Morgan fingerprint density at radius 3 is 2.48 bits per heavy atom. The van der Waals surface area contributed by atoms with Crippen LogP contribution in [0, 0.1) is 6.92 Å². The summed E-state index contributed by atoms with van der Waals surface area (Å²) in [5.74, 6) is 0.0432. The van der Waals surface area contributed by atoms with Crippen LogP contribution in [0.3, 0.4) is 0 Å². The number of aryl methyl sites for hydroxylation is 1. The van der Waals surface area contributed by atoms with Gasteiger partial charge in [0.05, 0.1) is 11.3 Å². The number of thioether (sulfide) groups is 1. The van der Waals surface area contributed by atoms with Crippen molar-refractivity contribution >= 4 is 29.3 Å². The third-order valence-electron chi connectivity index (χ3n) is 4.14. The minimum atomic E-state index is -0.110. The molecule has 0 aliphatic carbocycles. The molecule has 2 aromatic carbocycles. The molecular weight excluding hydrogens is 358 g/mol. The standard InChI is InChI=1S/C21H27N3O2S/c1-4-24(3)14-13-22-21(26)18-7-5-6-8-19(18)27-15-20(25)23-17-11-9-16(2)10-12-17/h5-12H,4,13-15H2,1-3H3,(H,22,26)(H,23,25). The van der Waals surface area contributed by atoms with Gasteiger partial charge in [-0.05, 0) is 44.8 Å². The molecule has 0 aliphatic rings. The van der Waals surface area contributed by atoms with Crippen LogP contribution in [0.1, 0.15) is 22.8 Å². The van der Waals surface area contributed by atoms with Crippen molar-refractivity contribution in [2.75, 3.05) is 37.8 Å². The van der Waals surface area contributed by atoms with Gasteiger partial charge in [0.25, 0.3) is 5.91 Å². The Labute approximate surface area is 165 Å². The summed E-state index contributed by atoms with van der Waals surface area (Å²) >= 11 is 1.37. The fraction of sp³-hybridized carbons (Fsp3) is 0.333. The molecular formula is C21H27N3O2S. The lowest BCUT2D eigenvalue weighted by Crippen LogP contribution is -2.33. The first-order valence-corrected chi connectivity index (χ1v) is 10.0. The van der Waals surface area contributed by atoms with Crippen LogP contribution < -0.4 is 10.6 Å². The minimum Gasteiger partial charge on any atom is -0.351 e. The Balaban J connectivity index is 1.89. The van der Waals surface area contributed by atoms with E-state index in [2.05, 4.69) is 22.5 Å². The monoisotopic (exact) mass is 385 g/mol. The van der Waals surface area contributed by atoms with Crippen molar-refractivity contribution in [1.82, 2.24) is 10.2 Å². The van der Waals surface area contributed by atoms with E-state index in [4.69, 9.17) is 0 Å². The fourth-order valence-electron chi connectivity index (χ4n) is 2.37. The quantitative estimate of drug-likeness (QED) is 0.650. The van der Waals surface area contributed by atoms with Gasteiger partial charge in [0, 0.05) is 23.7 Å². The second-order valence-corrected chi connectivity index (χ2v) is 7.37. The zero-order valence-electron chi connectivity index (χ0n) is 16.1. The number of nitrogens with zero attached hydrogens (tertiary/aromatic N) is 1. The van der Waals surface area contributed by atoms with Gasteiger partial charge in [-0.1, -0.05) is 36.8 Å². The topological polar surface area (TPSA) is 61.4 Å². The number of nitrogens with one attached hydrogen (secondary N) is 2. The van der Waals surface area contributed by atoms with Crippen LogP contribution in [0.15, 0.2) is 53.4 Å². The summed E-state index contributed by atoms with van der Waals surface area (Å²) in [5, 5.41) is 5.82. The Morgan fingerprint density at radius 2 is 1.78 bits per heavy atom. The van der Waals surface area contributed by atoms with E-state index < -0.39 is 0 Å². The van der Waals surface area contributed by atoms with Gasteiger partial charge < -0.3 is 15.5 Å². The van der Waals surface area contributed by atoms with Gasteiger partial charge in [0.1, 0.15) is 0 Å². The first-order chi connectivity index (χ1) is 13.0. The molecule has 144 valence electrons. The lowest BCUT2D eigenvalue weighted by Gasteiger charge is -2.15. The largest absolute Gasteiger partial charge is 0.351 e. The lowest BCUT2D eigenvalue weighted by molar-refractivity contribution is -0.113. The molecule has 0 radical (unpaired) electrons. The molecule has 0 aromatic heterocycles. The summed E-state index contributed by atoms with van der Waals surface area (Å²) in [5.41, 5.74) is 2.52. The maximum atomic E-state index is 12.5. The molecule has 2 aromatic rings. The van der Waals surface area contributed by atoms with Crippen LogP contribution in [-0.2, 0) is 4.79 Å². The van der Waals surface area contributed by atoms with E-state index in [9.17, 15) is 9.59 Å². The SMILES string of the molecule is CCN(C)CCNC(=O)c1ccccc1SCC(=O)Nc1ccc(C)cc1. The molecule has 6 heteroatoms. The number of carbonyl (C=O) groups excluding carboxylic acids is 2. The molecule has 0 saturated carbocycles. The summed E-state index contributed by atoms with van der Waals surface area (Å²) < 4.78 is 0. The third kappa shape index (κ3) is 7.07. The first-order valence-electron chi connectivity index (χ1n) is 9.04. The van der Waals surface area contributed by atoms with Gasteiger partial charge in [-0.2, -0.15) is 0 Å². The maximum absolute atomic E-state index is 12.5. The molecule has 2 amide bonds. The van der Waals surface area contributed by atoms with Crippen LogP contribution >= 0.6 is 11.8 Å². The molecule has 0 atom stereocenters. The summed E-state index contributed by atoms with van der Waals surface area (Å²) in [6.07, 6.45) is 0. The third-order valence-corrected chi connectivity index (χ3v) is 5.22.